The predicted octanol–water partition coefficient (Wildman–Crippen LogP) is 4.67. The minimum Gasteiger partial charge on any atom is -0.471 e. The fraction of sp³-hybridized carbons (Fsp3) is 0.105. The number of hydrogen-bond acceptors (Lipinski definition) is 4. The Kier molecular flexibility index (Phi) is 4.61. The lowest BCUT2D eigenvalue weighted by molar-refractivity contribution is -0.137. The van der Waals surface area contributed by atoms with Gasteiger partial charge in [-0.25, -0.2) is 23.7 Å². The normalized spacial score (nSPS) is 11.8. The zero-order valence-corrected chi connectivity index (χ0v) is 14.5. The molecule has 148 valence electrons. The van der Waals surface area contributed by atoms with Crippen molar-refractivity contribution in [3.63, 3.8) is 0 Å². The smallest absolute Gasteiger partial charge is 0.417 e. The van der Waals surface area contributed by atoms with Crippen LogP contribution < -0.4 is 4.74 Å². The molecule has 3 aromatic heterocycles. The third kappa shape index (κ3) is 4.00. The van der Waals surface area contributed by atoms with E-state index in [-0.39, 0.29) is 29.4 Å². The Bertz CT molecular complexity index is 1190. The third-order valence-electron chi connectivity index (χ3n) is 4.02. The van der Waals surface area contributed by atoms with Crippen LogP contribution in [0.1, 0.15) is 11.3 Å². The van der Waals surface area contributed by atoms with Gasteiger partial charge < -0.3 is 4.74 Å². The molecule has 0 bridgehead atoms. The maximum absolute atomic E-state index is 13.3. The summed E-state index contributed by atoms with van der Waals surface area (Å²) < 4.78 is 73.1. The second-order valence-electron chi connectivity index (χ2n) is 6.07. The van der Waals surface area contributed by atoms with Crippen molar-refractivity contribution in [2.45, 2.75) is 12.8 Å². The zero-order chi connectivity index (χ0) is 20.6. The molecule has 0 aliphatic rings. The van der Waals surface area contributed by atoms with Gasteiger partial charge in [-0.15, -0.1) is 0 Å². The second kappa shape index (κ2) is 7.12. The first-order valence-electron chi connectivity index (χ1n) is 8.25. The molecular weight excluding hydrogens is 395 g/mol. The number of pyridine rings is 1. The Balaban J connectivity index is 1.64. The standard InChI is InChI=1S/C19H11F5N4O/c20-12-1-2-15(16(5-12)19(22,23)24)11-7-26-18-27-14(9-28(18)8-11)10-29-17-6-13(21)3-4-25-17/h1-9H,10H2. The van der Waals surface area contributed by atoms with E-state index in [2.05, 4.69) is 15.0 Å². The Labute approximate surface area is 160 Å². The van der Waals surface area contributed by atoms with Crippen LogP contribution in [0.25, 0.3) is 16.9 Å². The van der Waals surface area contributed by atoms with Gasteiger partial charge in [0.05, 0.1) is 11.3 Å². The molecule has 10 heteroatoms. The molecule has 0 aliphatic heterocycles. The van der Waals surface area contributed by atoms with Crippen molar-refractivity contribution in [2.75, 3.05) is 0 Å². The van der Waals surface area contributed by atoms with E-state index < -0.39 is 23.4 Å². The lowest BCUT2D eigenvalue weighted by atomic mass is 10.0. The highest BCUT2D eigenvalue weighted by atomic mass is 19.4. The van der Waals surface area contributed by atoms with Crippen molar-refractivity contribution < 1.29 is 26.7 Å². The molecule has 0 unspecified atom stereocenters. The molecule has 5 nitrogen and oxygen atoms in total. The van der Waals surface area contributed by atoms with Crippen molar-refractivity contribution in [1.82, 2.24) is 19.4 Å². The Morgan fingerprint density at radius 3 is 2.52 bits per heavy atom. The largest absolute Gasteiger partial charge is 0.471 e. The van der Waals surface area contributed by atoms with Gasteiger partial charge in [0.2, 0.25) is 11.7 Å². The van der Waals surface area contributed by atoms with Gasteiger partial charge in [0.25, 0.3) is 0 Å². The molecule has 3 heterocycles. The van der Waals surface area contributed by atoms with Crippen LogP contribution in [0, 0.1) is 11.6 Å². The van der Waals surface area contributed by atoms with E-state index in [1.54, 1.807) is 0 Å². The number of aromatic nitrogens is 4. The van der Waals surface area contributed by atoms with Crippen LogP contribution >= 0.6 is 0 Å². The topological polar surface area (TPSA) is 52.3 Å². The highest BCUT2D eigenvalue weighted by Crippen LogP contribution is 2.37. The molecular formula is C19H11F5N4O. The Morgan fingerprint density at radius 2 is 1.76 bits per heavy atom. The van der Waals surface area contributed by atoms with E-state index in [9.17, 15) is 22.0 Å². The van der Waals surface area contributed by atoms with Gasteiger partial charge in [-0.2, -0.15) is 13.2 Å². The van der Waals surface area contributed by atoms with Gasteiger partial charge in [0, 0.05) is 36.4 Å². The molecule has 0 spiro atoms. The van der Waals surface area contributed by atoms with Crippen molar-refractivity contribution >= 4 is 5.78 Å². The van der Waals surface area contributed by atoms with Crippen LogP contribution in [-0.2, 0) is 12.8 Å². The number of halogens is 5. The number of imidazole rings is 1. The minimum atomic E-state index is -4.72. The molecule has 0 amide bonds. The number of alkyl halides is 3. The maximum atomic E-state index is 13.3. The number of benzene rings is 1. The van der Waals surface area contributed by atoms with E-state index in [1.807, 2.05) is 0 Å². The minimum absolute atomic E-state index is 0.0422. The number of rotatable bonds is 4. The van der Waals surface area contributed by atoms with Gasteiger partial charge in [0.1, 0.15) is 18.2 Å². The van der Waals surface area contributed by atoms with Gasteiger partial charge >= 0.3 is 6.18 Å². The molecule has 0 radical (unpaired) electrons. The first-order valence-corrected chi connectivity index (χ1v) is 8.25. The van der Waals surface area contributed by atoms with Crippen LogP contribution in [-0.4, -0.2) is 19.4 Å². The fourth-order valence-corrected chi connectivity index (χ4v) is 2.76. The van der Waals surface area contributed by atoms with Crippen molar-refractivity contribution in [3.8, 4) is 17.0 Å². The average Bonchev–Trinajstić information content (AvgIpc) is 3.08. The summed E-state index contributed by atoms with van der Waals surface area (Å²) in [5, 5.41) is 0. The molecule has 4 rings (SSSR count). The number of nitrogens with zero attached hydrogens (tertiary/aromatic N) is 4. The molecule has 0 aliphatic carbocycles. The molecule has 4 aromatic rings. The van der Waals surface area contributed by atoms with Gasteiger partial charge in [-0.1, -0.05) is 6.07 Å². The van der Waals surface area contributed by atoms with E-state index in [1.165, 1.54) is 35.3 Å². The van der Waals surface area contributed by atoms with Crippen LogP contribution in [0.4, 0.5) is 22.0 Å². The number of ether oxygens (including phenoxy) is 1. The average molecular weight is 406 g/mol. The molecule has 1 aromatic carbocycles. The molecule has 0 atom stereocenters. The Morgan fingerprint density at radius 1 is 0.966 bits per heavy atom. The van der Waals surface area contributed by atoms with Gasteiger partial charge in [0.15, 0.2) is 0 Å². The van der Waals surface area contributed by atoms with Gasteiger partial charge in [-0.3, -0.25) is 4.40 Å². The lowest BCUT2D eigenvalue weighted by Gasteiger charge is -2.13. The van der Waals surface area contributed by atoms with Crippen LogP contribution in [0.3, 0.4) is 0 Å². The quantitative estimate of drug-likeness (QED) is 0.463. The highest BCUT2D eigenvalue weighted by Gasteiger charge is 2.34. The summed E-state index contributed by atoms with van der Waals surface area (Å²) in [5.74, 6) is -1.19. The van der Waals surface area contributed by atoms with E-state index in [4.69, 9.17) is 4.74 Å². The second-order valence-corrected chi connectivity index (χ2v) is 6.07. The summed E-state index contributed by atoms with van der Waals surface area (Å²) in [4.78, 5) is 12.1. The third-order valence-corrected chi connectivity index (χ3v) is 4.02. The first kappa shape index (κ1) is 18.8. The summed E-state index contributed by atoms with van der Waals surface area (Å²) in [6.45, 7) is -0.0422. The van der Waals surface area contributed by atoms with Crippen LogP contribution in [0.15, 0.2) is 55.1 Å². The predicted molar refractivity (Wildman–Crippen MR) is 91.9 cm³/mol. The molecule has 0 saturated heterocycles. The summed E-state index contributed by atoms with van der Waals surface area (Å²) >= 11 is 0. The number of hydrogen-bond donors (Lipinski definition) is 0. The molecule has 0 saturated carbocycles. The molecule has 0 N–H and O–H groups in total. The fourth-order valence-electron chi connectivity index (χ4n) is 2.76. The summed E-state index contributed by atoms with van der Waals surface area (Å²) in [5.41, 5.74) is -0.749. The highest BCUT2D eigenvalue weighted by molar-refractivity contribution is 5.67. The zero-order valence-electron chi connectivity index (χ0n) is 14.5. The van der Waals surface area contributed by atoms with E-state index in [0.717, 1.165) is 18.2 Å². The van der Waals surface area contributed by atoms with Crippen LogP contribution in [0.5, 0.6) is 5.88 Å². The summed E-state index contributed by atoms with van der Waals surface area (Å²) in [7, 11) is 0. The lowest BCUT2D eigenvalue weighted by Crippen LogP contribution is -2.08. The number of fused-ring (bicyclic) bond motifs is 1. The maximum Gasteiger partial charge on any atom is 0.417 e. The van der Waals surface area contributed by atoms with Crippen LogP contribution in [0.2, 0.25) is 0 Å². The molecule has 29 heavy (non-hydrogen) atoms. The molecule has 0 fully saturated rings. The summed E-state index contributed by atoms with van der Waals surface area (Å²) in [6.07, 6.45) is 0.675. The van der Waals surface area contributed by atoms with E-state index >= 15 is 0 Å². The SMILES string of the molecule is Fc1ccnc(OCc2cn3cc(-c4ccc(F)cc4C(F)(F)F)cnc3n2)c1. The Hall–Kier alpha value is -3.56. The summed E-state index contributed by atoms with van der Waals surface area (Å²) in [6, 6.07) is 4.73. The van der Waals surface area contributed by atoms with Gasteiger partial charge in [-0.05, 0) is 23.8 Å². The van der Waals surface area contributed by atoms with Crippen molar-refractivity contribution in [2.24, 2.45) is 0 Å². The first-order chi connectivity index (χ1) is 13.8. The monoisotopic (exact) mass is 406 g/mol. The van der Waals surface area contributed by atoms with Crippen molar-refractivity contribution in [1.29, 1.82) is 0 Å². The van der Waals surface area contributed by atoms with Crippen molar-refractivity contribution in [3.05, 3.63) is 78.0 Å². The van der Waals surface area contributed by atoms with E-state index in [0.29, 0.717) is 11.8 Å².